The number of aliphatic hydroxyl groups excluding tert-OH is 1. The largest absolute Gasteiger partial charge is 0.388 e. The van der Waals surface area contributed by atoms with Crippen LogP contribution >= 0.6 is 11.8 Å². The molecule has 0 aliphatic carbocycles. The Bertz CT molecular complexity index is 201. The normalized spacial score (nSPS) is 10.2. The molecule has 0 aliphatic rings. The van der Waals surface area contributed by atoms with E-state index in [9.17, 15) is 0 Å². The van der Waals surface area contributed by atoms with Crippen LogP contribution in [-0.4, -0.2) is 21.5 Å². The van der Waals surface area contributed by atoms with Crippen molar-refractivity contribution in [3.05, 3.63) is 11.7 Å². The molecule has 1 rings (SSSR count). The first-order valence-electron chi connectivity index (χ1n) is 2.78. The average molecular weight is 160 g/mol. The second kappa shape index (κ2) is 3.58. The highest BCUT2D eigenvalue weighted by atomic mass is 32.2. The third-order valence-electron chi connectivity index (χ3n) is 0.919. The van der Waals surface area contributed by atoms with Crippen LogP contribution in [0.25, 0.3) is 0 Å². The van der Waals surface area contributed by atoms with E-state index in [1.54, 1.807) is 11.8 Å². The van der Waals surface area contributed by atoms with E-state index in [0.29, 0.717) is 17.5 Å². The standard InChI is InChI=1S/C5H8N2O2S/c1-10-3-5-6-4(2-8)7-9-5/h8H,2-3H2,1H3. The lowest BCUT2D eigenvalue weighted by Gasteiger charge is -1.82. The number of thioether (sulfide) groups is 1. The number of aliphatic hydroxyl groups is 1. The van der Waals surface area contributed by atoms with E-state index in [0.717, 1.165) is 0 Å². The zero-order chi connectivity index (χ0) is 7.40. The van der Waals surface area contributed by atoms with E-state index < -0.39 is 0 Å². The van der Waals surface area contributed by atoms with Crippen LogP contribution in [0.3, 0.4) is 0 Å². The minimum atomic E-state index is -0.155. The van der Waals surface area contributed by atoms with Gasteiger partial charge in [-0.2, -0.15) is 16.7 Å². The first-order chi connectivity index (χ1) is 4.86. The molecule has 0 saturated heterocycles. The molecular weight excluding hydrogens is 152 g/mol. The van der Waals surface area contributed by atoms with Gasteiger partial charge in [0.25, 0.3) is 0 Å². The molecule has 0 aromatic carbocycles. The maximum atomic E-state index is 8.53. The SMILES string of the molecule is CSCc1nc(CO)no1. The minimum absolute atomic E-state index is 0.155. The third-order valence-corrected chi connectivity index (χ3v) is 1.46. The van der Waals surface area contributed by atoms with Crippen molar-refractivity contribution < 1.29 is 9.63 Å². The van der Waals surface area contributed by atoms with Crippen LogP contribution in [0.2, 0.25) is 0 Å². The van der Waals surface area contributed by atoms with E-state index >= 15 is 0 Å². The molecule has 0 fully saturated rings. The quantitative estimate of drug-likeness (QED) is 0.694. The molecule has 0 bridgehead atoms. The van der Waals surface area contributed by atoms with Crippen LogP contribution in [0, 0.1) is 0 Å². The second-order valence-corrected chi connectivity index (χ2v) is 2.56. The van der Waals surface area contributed by atoms with Gasteiger partial charge in [-0.3, -0.25) is 0 Å². The van der Waals surface area contributed by atoms with Crippen LogP contribution in [0.1, 0.15) is 11.7 Å². The highest BCUT2D eigenvalue weighted by Crippen LogP contribution is 2.05. The van der Waals surface area contributed by atoms with Gasteiger partial charge in [-0.15, -0.1) is 0 Å². The van der Waals surface area contributed by atoms with Gasteiger partial charge in [0.05, 0.1) is 5.75 Å². The summed E-state index contributed by atoms with van der Waals surface area (Å²) in [7, 11) is 0. The number of hydrogen-bond acceptors (Lipinski definition) is 5. The van der Waals surface area contributed by atoms with Crippen LogP contribution in [0.15, 0.2) is 4.52 Å². The molecule has 5 heteroatoms. The van der Waals surface area contributed by atoms with Gasteiger partial charge in [-0.1, -0.05) is 5.16 Å². The second-order valence-electron chi connectivity index (χ2n) is 1.70. The molecule has 4 nitrogen and oxygen atoms in total. The number of hydrogen-bond donors (Lipinski definition) is 1. The number of aromatic nitrogens is 2. The fourth-order valence-corrected chi connectivity index (χ4v) is 0.901. The molecule has 1 aromatic rings. The minimum Gasteiger partial charge on any atom is -0.388 e. The Morgan fingerprint density at radius 3 is 3.00 bits per heavy atom. The highest BCUT2D eigenvalue weighted by Gasteiger charge is 2.02. The predicted octanol–water partition coefficient (Wildman–Crippen LogP) is 0.425. The van der Waals surface area contributed by atoms with E-state index in [1.807, 2.05) is 6.26 Å². The maximum absolute atomic E-state index is 8.53. The average Bonchev–Trinajstić information content (AvgIpc) is 2.37. The summed E-state index contributed by atoms with van der Waals surface area (Å²) < 4.78 is 4.75. The summed E-state index contributed by atoms with van der Waals surface area (Å²) in [4.78, 5) is 3.87. The maximum Gasteiger partial charge on any atom is 0.236 e. The molecule has 0 radical (unpaired) electrons. The molecular formula is C5H8N2O2S. The summed E-state index contributed by atoms with van der Waals surface area (Å²) >= 11 is 1.60. The van der Waals surface area contributed by atoms with E-state index in [1.165, 1.54) is 0 Å². The van der Waals surface area contributed by atoms with Gasteiger partial charge in [0.15, 0.2) is 5.82 Å². The zero-order valence-electron chi connectivity index (χ0n) is 5.57. The van der Waals surface area contributed by atoms with E-state index in [4.69, 9.17) is 9.63 Å². The zero-order valence-corrected chi connectivity index (χ0v) is 6.39. The lowest BCUT2D eigenvalue weighted by atomic mass is 10.7. The Labute approximate surface area is 62.6 Å². The van der Waals surface area contributed by atoms with Gasteiger partial charge in [-0.05, 0) is 6.26 Å². The van der Waals surface area contributed by atoms with Crippen LogP contribution in [0.4, 0.5) is 0 Å². The molecule has 1 aromatic heterocycles. The molecule has 0 atom stereocenters. The van der Waals surface area contributed by atoms with Gasteiger partial charge in [0.2, 0.25) is 5.89 Å². The molecule has 56 valence electrons. The fourth-order valence-electron chi connectivity index (χ4n) is 0.536. The first-order valence-corrected chi connectivity index (χ1v) is 4.17. The summed E-state index contributed by atoms with van der Waals surface area (Å²) in [5.74, 6) is 1.62. The monoisotopic (exact) mass is 160 g/mol. The van der Waals surface area contributed by atoms with E-state index in [-0.39, 0.29) is 6.61 Å². The van der Waals surface area contributed by atoms with Crippen LogP contribution in [-0.2, 0) is 12.4 Å². The van der Waals surface area contributed by atoms with Gasteiger partial charge >= 0.3 is 0 Å². The van der Waals surface area contributed by atoms with Crippen LogP contribution < -0.4 is 0 Å². The summed E-state index contributed by atoms with van der Waals surface area (Å²) in [6.07, 6.45) is 1.95. The summed E-state index contributed by atoms with van der Waals surface area (Å²) in [6, 6.07) is 0. The number of nitrogens with zero attached hydrogens (tertiary/aromatic N) is 2. The highest BCUT2D eigenvalue weighted by molar-refractivity contribution is 7.97. The summed E-state index contributed by atoms with van der Waals surface area (Å²) in [5.41, 5.74) is 0. The molecule has 0 saturated carbocycles. The Kier molecular flexibility index (Phi) is 2.70. The lowest BCUT2D eigenvalue weighted by Crippen LogP contribution is -1.85. The molecule has 0 spiro atoms. The third kappa shape index (κ3) is 1.71. The molecule has 1 N–H and O–H groups in total. The lowest BCUT2D eigenvalue weighted by molar-refractivity contribution is 0.263. The van der Waals surface area contributed by atoms with Crippen molar-refractivity contribution >= 4 is 11.8 Å². The van der Waals surface area contributed by atoms with Crippen molar-refractivity contribution in [2.45, 2.75) is 12.4 Å². The Balaban J connectivity index is 2.59. The van der Waals surface area contributed by atoms with Gasteiger partial charge in [0.1, 0.15) is 6.61 Å². The van der Waals surface area contributed by atoms with Gasteiger partial charge < -0.3 is 9.63 Å². The van der Waals surface area contributed by atoms with Gasteiger partial charge in [-0.25, -0.2) is 0 Å². The van der Waals surface area contributed by atoms with Crippen LogP contribution in [0.5, 0.6) is 0 Å². The molecule has 0 unspecified atom stereocenters. The van der Waals surface area contributed by atoms with E-state index in [2.05, 4.69) is 10.1 Å². The Morgan fingerprint density at radius 1 is 1.70 bits per heavy atom. The smallest absolute Gasteiger partial charge is 0.236 e. The number of rotatable bonds is 3. The molecule has 0 aliphatic heterocycles. The molecule has 1 heterocycles. The fraction of sp³-hybridized carbons (Fsp3) is 0.600. The van der Waals surface area contributed by atoms with Gasteiger partial charge in [0, 0.05) is 0 Å². The van der Waals surface area contributed by atoms with Crippen molar-refractivity contribution in [1.82, 2.24) is 10.1 Å². The Hall–Kier alpha value is -0.550. The molecule has 10 heavy (non-hydrogen) atoms. The van der Waals surface area contributed by atoms with Crippen molar-refractivity contribution in [2.24, 2.45) is 0 Å². The molecule has 0 amide bonds. The van der Waals surface area contributed by atoms with Crippen molar-refractivity contribution in [3.8, 4) is 0 Å². The Morgan fingerprint density at radius 2 is 2.50 bits per heavy atom. The summed E-state index contributed by atoms with van der Waals surface area (Å²) in [6.45, 7) is -0.155. The van der Waals surface area contributed by atoms with Crippen molar-refractivity contribution in [1.29, 1.82) is 0 Å². The predicted molar refractivity (Wildman–Crippen MR) is 37.4 cm³/mol. The first kappa shape index (κ1) is 7.56. The topological polar surface area (TPSA) is 59.2 Å². The van der Waals surface area contributed by atoms with Crippen molar-refractivity contribution in [2.75, 3.05) is 6.26 Å². The summed E-state index contributed by atoms with van der Waals surface area (Å²) in [5, 5.41) is 12.0. The van der Waals surface area contributed by atoms with Crippen molar-refractivity contribution in [3.63, 3.8) is 0 Å².